The van der Waals surface area contributed by atoms with E-state index in [4.69, 9.17) is 10.5 Å². The zero-order valence-corrected chi connectivity index (χ0v) is 7.42. The Morgan fingerprint density at radius 2 is 2.64 bits per heavy atom. The van der Waals surface area contributed by atoms with Crippen molar-refractivity contribution in [2.24, 2.45) is 5.73 Å². The third kappa shape index (κ3) is 1.41. The Morgan fingerprint density at radius 3 is 3.29 bits per heavy atom. The summed E-state index contributed by atoms with van der Waals surface area (Å²) < 4.78 is 6.96. The first-order chi connectivity index (χ1) is 6.70. The van der Waals surface area contributed by atoms with Gasteiger partial charge in [-0.25, -0.2) is 0 Å². The molecule has 2 rings (SSSR count). The highest BCUT2D eigenvalue weighted by atomic mass is 16.6. The summed E-state index contributed by atoms with van der Waals surface area (Å²) in [4.78, 5) is 13.6. The number of aryl methyl sites for hydroxylation is 1. The molecule has 7 heteroatoms. The van der Waals surface area contributed by atoms with Gasteiger partial charge in [0.1, 0.15) is 12.3 Å². The summed E-state index contributed by atoms with van der Waals surface area (Å²) in [6.45, 7) is 1.07. The van der Waals surface area contributed by atoms with Gasteiger partial charge in [-0.3, -0.25) is 4.57 Å². The second-order valence-corrected chi connectivity index (χ2v) is 3.10. The second kappa shape index (κ2) is 3.26. The fraction of sp³-hybridized carbons (Fsp3) is 0.571. The number of nitrogens with zero attached hydrogens (tertiary/aromatic N) is 3. The Balaban J connectivity index is 2.25. The van der Waals surface area contributed by atoms with Crippen molar-refractivity contribution in [3.8, 4) is 6.01 Å². The molecule has 2 N–H and O–H groups in total. The average Bonchev–Trinajstić information content (AvgIpc) is 2.59. The van der Waals surface area contributed by atoms with Gasteiger partial charge in [0.25, 0.3) is 0 Å². The van der Waals surface area contributed by atoms with E-state index in [1.165, 1.54) is 6.20 Å². The van der Waals surface area contributed by atoms with Gasteiger partial charge in [0.15, 0.2) is 0 Å². The fourth-order valence-corrected chi connectivity index (χ4v) is 1.38. The number of nitrogens with two attached hydrogens (primary N) is 1. The molecule has 1 aliphatic rings. The number of hydrogen-bond donors (Lipinski definition) is 1. The van der Waals surface area contributed by atoms with E-state index in [2.05, 4.69) is 4.98 Å². The van der Waals surface area contributed by atoms with Crippen molar-refractivity contribution in [1.29, 1.82) is 0 Å². The molecule has 1 unspecified atom stereocenters. The standard InChI is InChI=1S/C7H10N4O3/c8-3-5-1-2-10-4-6(11(12)13)9-7(10)14-5/h4-5H,1-3,8H2. The summed E-state index contributed by atoms with van der Waals surface area (Å²) in [6, 6.07) is 0.290. The molecular weight excluding hydrogens is 188 g/mol. The van der Waals surface area contributed by atoms with Gasteiger partial charge in [0.2, 0.25) is 0 Å². The van der Waals surface area contributed by atoms with Crippen LogP contribution in [0.5, 0.6) is 6.01 Å². The highest BCUT2D eigenvalue weighted by Crippen LogP contribution is 2.23. The van der Waals surface area contributed by atoms with E-state index < -0.39 is 4.92 Å². The number of aromatic nitrogens is 2. The Labute approximate surface area is 79.6 Å². The van der Waals surface area contributed by atoms with E-state index in [0.717, 1.165) is 6.42 Å². The zero-order chi connectivity index (χ0) is 10.1. The van der Waals surface area contributed by atoms with Gasteiger partial charge in [0.05, 0.1) is 0 Å². The van der Waals surface area contributed by atoms with Gasteiger partial charge in [-0.05, 0) is 4.92 Å². The van der Waals surface area contributed by atoms with E-state index in [1.54, 1.807) is 4.57 Å². The quantitative estimate of drug-likeness (QED) is 0.528. The number of fused-ring (bicyclic) bond motifs is 1. The zero-order valence-electron chi connectivity index (χ0n) is 7.42. The van der Waals surface area contributed by atoms with Crippen LogP contribution in [-0.4, -0.2) is 27.1 Å². The second-order valence-electron chi connectivity index (χ2n) is 3.10. The van der Waals surface area contributed by atoms with Gasteiger partial charge in [-0.15, -0.1) is 0 Å². The summed E-state index contributed by atoms with van der Waals surface area (Å²) in [7, 11) is 0. The van der Waals surface area contributed by atoms with Crippen LogP contribution < -0.4 is 10.5 Å². The lowest BCUT2D eigenvalue weighted by Crippen LogP contribution is -2.32. The Hall–Kier alpha value is -1.63. The van der Waals surface area contributed by atoms with Gasteiger partial charge in [-0.1, -0.05) is 0 Å². The first-order valence-corrected chi connectivity index (χ1v) is 4.29. The molecule has 0 fully saturated rings. The van der Waals surface area contributed by atoms with Crippen molar-refractivity contribution in [2.75, 3.05) is 6.54 Å². The molecule has 14 heavy (non-hydrogen) atoms. The molecule has 0 aliphatic carbocycles. The van der Waals surface area contributed by atoms with E-state index in [0.29, 0.717) is 19.1 Å². The molecular formula is C7H10N4O3. The number of ether oxygens (including phenoxy) is 1. The molecule has 0 radical (unpaired) electrons. The van der Waals surface area contributed by atoms with Crippen LogP contribution in [0.3, 0.4) is 0 Å². The van der Waals surface area contributed by atoms with Crippen molar-refractivity contribution < 1.29 is 9.66 Å². The Kier molecular flexibility index (Phi) is 2.08. The summed E-state index contributed by atoms with van der Waals surface area (Å²) in [5.41, 5.74) is 5.43. The number of nitro groups is 1. The van der Waals surface area contributed by atoms with Crippen LogP contribution in [0.15, 0.2) is 6.20 Å². The minimum atomic E-state index is -0.536. The maximum Gasteiger partial charge on any atom is 0.414 e. The van der Waals surface area contributed by atoms with E-state index >= 15 is 0 Å². The van der Waals surface area contributed by atoms with Crippen LogP contribution in [0.1, 0.15) is 6.42 Å². The predicted molar refractivity (Wildman–Crippen MR) is 47.0 cm³/mol. The van der Waals surface area contributed by atoms with Crippen molar-refractivity contribution in [3.63, 3.8) is 0 Å². The van der Waals surface area contributed by atoms with Gasteiger partial charge in [0, 0.05) is 24.5 Å². The van der Waals surface area contributed by atoms with Crippen LogP contribution >= 0.6 is 0 Å². The highest BCUT2D eigenvalue weighted by molar-refractivity contribution is 5.21. The summed E-state index contributed by atoms with van der Waals surface area (Å²) in [5.74, 6) is -0.183. The molecule has 2 heterocycles. The molecule has 1 aliphatic heterocycles. The molecule has 7 nitrogen and oxygen atoms in total. The normalized spacial score (nSPS) is 19.9. The lowest BCUT2D eigenvalue weighted by Gasteiger charge is -2.20. The minimum absolute atomic E-state index is 0.0792. The monoisotopic (exact) mass is 198 g/mol. The molecule has 0 spiro atoms. The summed E-state index contributed by atoms with van der Waals surface area (Å²) in [6.07, 6.45) is 2.06. The van der Waals surface area contributed by atoms with Crippen molar-refractivity contribution >= 4 is 5.82 Å². The summed E-state index contributed by atoms with van der Waals surface area (Å²) >= 11 is 0. The van der Waals surface area contributed by atoms with Crippen LogP contribution in [0.2, 0.25) is 0 Å². The fourth-order valence-electron chi connectivity index (χ4n) is 1.38. The van der Waals surface area contributed by atoms with E-state index in [-0.39, 0.29) is 11.9 Å². The van der Waals surface area contributed by atoms with Crippen LogP contribution in [0.4, 0.5) is 5.82 Å². The third-order valence-electron chi connectivity index (χ3n) is 2.14. The number of hydrogen-bond acceptors (Lipinski definition) is 5. The molecule has 1 aromatic rings. The van der Waals surface area contributed by atoms with Crippen molar-refractivity contribution in [2.45, 2.75) is 19.1 Å². The largest absolute Gasteiger partial charge is 0.441 e. The molecule has 0 amide bonds. The highest BCUT2D eigenvalue weighted by Gasteiger charge is 2.27. The lowest BCUT2D eigenvalue weighted by molar-refractivity contribution is -0.389. The maximum atomic E-state index is 10.4. The topological polar surface area (TPSA) is 96.2 Å². The lowest BCUT2D eigenvalue weighted by atomic mass is 10.2. The van der Waals surface area contributed by atoms with Gasteiger partial charge >= 0.3 is 11.8 Å². The number of imidazole rings is 1. The van der Waals surface area contributed by atoms with Crippen LogP contribution in [-0.2, 0) is 6.54 Å². The van der Waals surface area contributed by atoms with Gasteiger partial charge in [-0.2, -0.15) is 0 Å². The third-order valence-corrected chi connectivity index (χ3v) is 2.14. The van der Waals surface area contributed by atoms with Crippen LogP contribution in [0.25, 0.3) is 0 Å². The molecule has 0 bridgehead atoms. The van der Waals surface area contributed by atoms with Crippen LogP contribution in [0, 0.1) is 10.1 Å². The van der Waals surface area contributed by atoms with E-state index in [9.17, 15) is 10.1 Å². The first-order valence-electron chi connectivity index (χ1n) is 4.29. The first kappa shape index (κ1) is 8.95. The van der Waals surface area contributed by atoms with Gasteiger partial charge < -0.3 is 20.6 Å². The van der Waals surface area contributed by atoms with Crippen molar-refractivity contribution in [3.05, 3.63) is 16.3 Å². The molecule has 76 valence electrons. The maximum absolute atomic E-state index is 10.4. The molecule has 0 aromatic carbocycles. The summed E-state index contributed by atoms with van der Waals surface area (Å²) in [5, 5.41) is 10.4. The molecule has 0 saturated heterocycles. The van der Waals surface area contributed by atoms with Crippen molar-refractivity contribution in [1.82, 2.24) is 9.55 Å². The smallest absolute Gasteiger partial charge is 0.414 e. The minimum Gasteiger partial charge on any atom is -0.441 e. The molecule has 0 saturated carbocycles. The number of rotatable bonds is 2. The predicted octanol–water partition coefficient (Wildman–Crippen LogP) is -0.0989. The average molecular weight is 198 g/mol. The van der Waals surface area contributed by atoms with E-state index in [1.807, 2.05) is 0 Å². The Morgan fingerprint density at radius 1 is 1.86 bits per heavy atom. The Bertz CT molecular complexity index is 362. The molecule has 1 atom stereocenters. The SMILES string of the molecule is NCC1CCn2cc([N+](=O)[O-])nc2O1. The molecule has 1 aromatic heterocycles.